The molecule has 4 nitrogen and oxygen atoms in total. The predicted octanol–water partition coefficient (Wildman–Crippen LogP) is 4.76. The van der Waals surface area contributed by atoms with Crippen molar-refractivity contribution in [3.8, 4) is 11.3 Å². The van der Waals surface area contributed by atoms with Crippen LogP contribution < -0.4 is 0 Å². The van der Waals surface area contributed by atoms with Gasteiger partial charge in [0.15, 0.2) is 0 Å². The fraction of sp³-hybridized carbons (Fsp3) is 0.269. The van der Waals surface area contributed by atoms with Crippen molar-refractivity contribution in [2.24, 2.45) is 0 Å². The third-order valence-electron chi connectivity index (χ3n) is 6.20. The molecular weight excluding hydrogens is 368 g/mol. The van der Waals surface area contributed by atoms with Gasteiger partial charge in [-0.1, -0.05) is 66.7 Å². The number of H-pyrrole nitrogens is 1. The Bertz CT molecular complexity index is 1120. The Morgan fingerprint density at radius 2 is 1.73 bits per heavy atom. The van der Waals surface area contributed by atoms with Crippen molar-refractivity contribution in [2.45, 2.75) is 12.5 Å². The molecule has 1 atom stereocenters. The quantitative estimate of drug-likeness (QED) is 0.528. The zero-order valence-electron chi connectivity index (χ0n) is 17.5. The highest BCUT2D eigenvalue weighted by Gasteiger charge is 2.28. The van der Waals surface area contributed by atoms with E-state index in [-0.39, 0.29) is 0 Å². The second-order valence-corrected chi connectivity index (χ2v) is 8.29. The minimum Gasteiger partial charge on any atom is -0.341 e. The molecule has 1 N–H and O–H groups in total. The van der Waals surface area contributed by atoms with Crippen LogP contribution in [0.1, 0.15) is 17.4 Å². The van der Waals surface area contributed by atoms with Gasteiger partial charge in [-0.2, -0.15) is 0 Å². The van der Waals surface area contributed by atoms with Crippen LogP contribution in [0, 0.1) is 0 Å². The van der Waals surface area contributed by atoms with Gasteiger partial charge in [0, 0.05) is 31.7 Å². The molecule has 4 aromatic rings. The number of nitrogens with one attached hydrogen (secondary N) is 1. The van der Waals surface area contributed by atoms with Crippen molar-refractivity contribution in [1.82, 2.24) is 19.8 Å². The van der Waals surface area contributed by atoms with E-state index >= 15 is 0 Å². The van der Waals surface area contributed by atoms with E-state index < -0.39 is 0 Å². The fourth-order valence-electron chi connectivity index (χ4n) is 4.41. The molecule has 5 rings (SSSR count). The Kier molecular flexibility index (Phi) is 5.35. The standard InChI is InChI=1S/C26H28N4/c1-29-15-16-30(14-13-20-7-3-2-4-8-20)25(19-29)26-27-18-24(28-26)23-12-11-21-9-5-6-10-22(21)17-23/h2-12,17-18,25H,13-16,19H2,1H3,(H,27,28). The average molecular weight is 397 g/mol. The minimum atomic E-state index is 0.293. The van der Waals surface area contributed by atoms with Gasteiger partial charge in [0.2, 0.25) is 0 Å². The minimum absolute atomic E-state index is 0.293. The highest BCUT2D eigenvalue weighted by atomic mass is 15.3. The highest BCUT2D eigenvalue weighted by molar-refractivity contribution is 5.86. The molecule has 4 heteroatoms. The van der Waals surface area contributed by atoms with Gasteiger partial charge in [-0.3, -0.25) is 4.90 Å². The molecule has 0 saturated carbocycles. The van der Waals surface area contributed by atoms with Crippen LogP contribution in [0.3, 0.4) is 0 Å². The van der Waals surface area contributed by atoms with E-state index in [1.165, 1.54) is 21.9 Å². The normalized spacial score (nSPS) is 18.1. The first-order chi connectivity index (χ1) is 14.8. The number of benzene rings is 3. The Labute approximate surface area is 178 Å². The summed E-state index contributed by atoms with van der Waals surface area (Å²) in [5.74, 6) is 1.07. The molecule has 152 valence electrons. The van der Waals surface area contributed by atoms with E-state index in [1.54, 1.807) is 0 Å². The van der Waals surface area contributed by atoms with Crippen LogP contribution in [0.5, 0.6) is 0 Å². The third kappa shape index (κ3) is 4.02. The van der Waals surface area contributed by atoms with Gasteiger partial charge in [-0.15, -0.1) is 0 Å². The van der Waals surface area contributed by atoms with Crippen LogP contribution in [0.15, 0.2) is 79.0 Å². The van der Waals surface area contributed by atoms with Crippen LogP contribution in [-0.2, 0) is 6.42 Å². The zero-order valence-corrected chi connectivity index (χ0v) is 17.5. The number of aromatic nitrogens is 2. The molecule has 0 radical (unpaired) electrons. The monoisotopic (exact) mass is 396 g/mol. The zero-order chi connectivity index (χ0) is 20.3. The summed E-state index contributed by atoms with van der Waals surface area (Å²) in [6.07, 6.45) is 3.06. The Morgan fingerprint density at radius 3 is 2.60 bits per heavy atom. The van der Waals surface area contributed by atoms with E-state index in [0.717, 1.165) is 44.1 Å². The van der Waals surface area contributed by atoms with Crippen molar-refractivity contribution < 1.29 is 0 Å². The first kappa shape index (κ1) is 19.0. The third-order valence-corrected chi connectivity index (χ3v) is 6.20. The number of hydrogen-bond donors (Lipinski definition) is 1. The van der Waals surface area contributed by atoms with Crippen molar-refractivity contribution in [2.75, 3.05) is 33.2 Å². The average Bonchev–Trinajstić information content (AvgIpc) is 3.29. The van der Waals surface area contributed by atoms with E-state index in [0.29, 0.717) is 6.04 Å². The fourth-order valence-corrected chi connectivity index (χ4v) is 4.41. The number of piperazine rings is 1. The molecule has 0 spiro atoms. The highest BCUT2D eigenvalue weighted by Crippen LogP contribution is 2.27. The van der Waals surface area contributed by atoms with Crippen molar-refractivity contribution in [3.05, 3.63) is 90.4 Å². The van der Waals surface area contributed by atoms with E-state index in [2.05, 4.69) is 94.6 Å². The number of aromatic amines is 1. The van der Waals surface area contributed by atoms with Crippen LogP contribution in [0.4, 0.5) is 0 Å². The van der Waals surface area contributed by atoms with Gasteiger partial charge in [0.1, 0.15) is 5.82 Å². The van der Waals surface area contributed by atoms with Crippen LogP contribution >= 0.6 is 0 Å². The second-order valence-electron chi connectivity index (χ2n) is 8.29. The van der Waals surface area contributed by atoms with E-state index in [1.807, 2.05) is 6.20 Å². The summed E-state index contributed by atoms with van der Waals surface area (Å²) in [7, 11) is 2.20. The summed E-state index contributed by atoms with van der Waals surface area (Å²) in [6.45, 7) is 4.22. The van der Waals surface area contributed by atoms with E-state index in [4.69, 9.17) is 4.98 Å². The topological polar surface area (TPSA) is 35.2 Å². The van der Waals surface area contributed by atoms with Gasteiger partial charge < -0.3 is 9.88 Å². The van der Waals surface area contributed by atoms with Gasteiger partial charge in [-0.05, 0) is 35.9 Å². The molecule has 0 amide bonds. The number of nitrogens with zero attached hydrogens (tertiary/aromatic N) is 3. The molecule has 1 saturated heterocycles. The maximum Gasteiger partial charge on any atom is 0.125 e. The van der Waals surface area contributed by atoms with Crippen LogP contribution in [0.25, 0.3) is 22.0 Å². The maximum absolute atomic E-state index is 4.81. The lowest BCUT2D eigenvalue weighted by molar-refractivity contribution is 0.0864. The number of rotatable bonds is 5. The van der Waals surface area contributed by atoms with Crippen molar-refractivity contribution in [1.29, 1.82) is 0 Å². The molecule has 1 unspecified atom stereocenters. The maximum atomic E-state index is 4.81. The number of imidazole rings is 1. The van der Waals surface area contributed by atoms with Gasteiger partial charge in [0.05, 0.1) is 17.9 Å². The largest absolute Gasteiger partial charge is 0.341 e. The lowest BCUT2D eigenvalue weighted by Gasteiger charge is -2.39. The first-order valence-corrected chi connectivity index (χ1v) is 10.8. The lowest BCUT2D eigenvalue weighted by Crippen LogP contribution is -2.47. The Hall–Kier alpha value is -2.95. The van der Waals surface area contributed by atoms with Crippen LogP contribution in [-0.4, -0.2) is 53.0 Å². The summed E-state index contributed by atoms with van der Waals surface area (Å²) in [5, 5.41) is 2.52. The summed E-state index contributed by atoms with van der Waals surface area (Å²) < 4.78 is 0. The second kappa shape index (κ2) is 8.42. The van der Waals surface area contributed by atoms with Gasteiger partial charge in [0.25, 0.3) is 0 Å². The molecule has 1 fully saturated rings. The lowest BCUT2D eigenvalue weighted by atomic mass is 10.1. The molecule has 0 aliphatic carbocycles. The Morgan fingerprint density at radius 1 is 0.933 bits per heavy atom. The molecule has 1 aliphatic heterocycles. The number of likely N-dealkylation sites (N-methyl/N-ethyl adjacent to an activating group) is 1. The van der Waals surface area contributed by atoms with Crippen LogP contribution in [0.2, 0.25) is 0 Å². The van der Waals surface area contributed by atoms with E-state index in [9.17, 15) is 0 Å². The molecule has 1 aromatic heterocycles. The molecule has 3 aromatic carbocycles. The molecule has 30 heavy (non-hydrogen) atoms. The van der Waals surface area contributed by atoms with Gasteiger partial charge >= 0.3 is 0 Å². The SMILES string of the molecule is CN1CCN(CCc2ccccc2)C(c2ncc(-c3ccc4ccccc4c3)[nH]2)C1. The molecule has 1 aliphatic rings. The summed E-state index contributed by atoms with van der Waals surface area (Å²) >= 11 is 0. The molecular formula is C26H28N4. The molecule has 2 heterocycles. The smallest absolute Gasteiger partial charge is 0.125 e. The van der Waals surface area contributed by atoms with Crippen molar-refractivity contribution >= 4 is 10.8 Å². The summed E-state index contributed by atoms with van der Waals surface area (Å²) in [5.41, 5.74) is 3.67. The first-order valence-electron chi connectivity index (χ1n) is 10.8. The number of hydrogen-bond acceptors (Lipinski definition) is 3. The number of fused-ring (bicyclic) bond motifs is 1. The summed E-state index contributed by atoms with van der Waals surface area (Å²) in [4.78, 5) is 13.4. The van der Waals surface area contributed by atoms with Crippen molar-refractivity contribution in [3.63, 3.8) is 0 Å². The predicted molar refractivity (Wildman–Crippen MR) is 123 cm³/mol. The summed E-state index contributed by atoms with van der Waals surface area (Å²) in [6, 6.07) is 26.2. The molecule has 0 bridgehead atoms. The van der Waals surface area contributed by atoms with Gasteiger partial charge in [-0.25, -0.2) is 4.98 Å². The Balaban J connectivity index is 1.37.